The number of hydrogen-bond donors (Lipinski definition) is 0. The molecule has 150 valence electrons. The number of hydrogen-bond acceptors (Lipinski definition) is 4. The number of rotatable bonds is 5. The Bertz CT molecular complexity index is 1150. The molecule has 1 aromatic heterocycles. The van der Waals surface area contributed by atoms with Gasteiger partial charge in [0.25, 0.3) is 11.5 Å². The summed E-state index contributed by atoms with van der Waals surface area (Å²) in [5, 5.41) is 3.95. The molecule has 0 spiro atoms. The lowest BCUT2D eigenvalue weighted by Gasteiger charge is -2.19. The smallest absolute Gasteiger partial charge is 0.340 e. The van der Waals surface area contributed by atoms with E-state index < -0.39 is 34.7 Å². The van der Waals surface area contributed by atoms with Gasteiger partial charge in [-0.15, -0.1) is 0 Å². The second kappa shape index (κ2) is 8.22. The standard InChI is InChI=1S/C21H21FN4O3/c1-4-24(3)19(27)18-20(28)25(14(2)15-10-6-5-7-11-15)21(29)26(23-18)17-13-9-8-12-16(17)22/h5-14H,4H2,1-3H3/t14-/m0/s1. The van der Waals surface area contributed by atoms with Crippen molar-refractivity contribution in [2.75, 3.05) is 13.6 Å². The molecular weight excluding hydrogens is 375 g/mol. The lowest BCUT2D eigenvalue weighted by molar-refractivity contribution is 0.0791. The van der Waals surface area contributed by atoms with E-state index in [1.165, 1.54) is 30.1 Å². The lowest BCUT2D eigenvalue weighted by Crippen LogP contribution is -2.47. The average molecular weight is 396 g/mol. The highest BCUT2D eigenvalue weighted by atomic mass is 19.1. The molecule has 7 nitrogen and oxygen atoms in total. The molecule has 2 aromatic carbocycles. The highest BCUT2D eigenvalue weighted by Crippen LogP contribution is 2.15. The molecule has 0 aliphatic heterocycles. The van der Waals surface area contributed by atoms with E-state index in [1.807, 2.05) is 6.07 Å². The van der Waals surface area contributed by atoms with E-state index in [0.717, 1.165) is 9.25 Å². The Kier molecular flexibility index (Phi) is 5.72. The van der Waals surface area contributed by atoms with Crippen molar-refractivity contribution < 1.29 is 9.18 Å². The van der Waals surface area contributed by atoms with E-state index in [0.29, 0.717) is 12.1 Å². The Morgan fingerprint density at radius 3 is 2.34 bits per heavy atom. The topological polar surface area (TPSA) is 77.2 Å². The van der Waals surface area contributed by atoms with Crippen molar-refractivity contribution in [2.24, 2.45) is 0 Å². The van der Waals surface area contributed by atoms with Crippen LogP contribution in [0.15, 0.2) is 64.2 Å². The van der Waals surface area contributed by atoms with Crippen LogP contribution in [0.2, 0.25) is 0 Å². The Balaban J connectivity index is 2.34. The third kappa shape index (κ3) is 3.73. The third-order valence-electron chi connectivity index (χ3n) is 4.78. The quantitative estimate of drug-likeness (QED) is 0.663. The first-order valence-corrected chi connectivity index (χ1v) is 9.18. The molecule has 1 amide bonds. The predicted octanol–water partition coefficient (Wildman–Crippen LogP) is 2.23. The predicted molar refractivity (Wildman–Crippen MR) is 107 cm³/mol. The zero-order chi connectivity index (χ0) is 21.1. The minimum Gasteiger partial charge on any atom is -0.340 e. The van der Waals surface area contributed by atoms with Crippen LogP contribution >= 0.6 is 0 Å². The van der Waals surface area contributed by atoms with Crippen molar-refractivity contribution in [3.8, 4) is 5.69 Å². The Labute approximate surface area is 166 Å². The highest BCUT2D eigenvalue weighted by molar-refractivity contribution is 5.91. The maximum absolute atomic E-state index is 14.4. The average Bonchev–Trinajstić information content (AvgIpc) is 2.74. The van der Waals surface area contributed by atoms with Gasteiger partial charge in [-0.25, -0.2) is 13.8 Å². The zero-order valence-corrected chi connectivity index (χ0v) is 16.4. The van der Waals surface area contributed by atoms with Crippen molar-refractivity contribution in [3.05, 3.63) is 92.5 Å². The van der Waals surface area contributed by atoms with Gasteiger partial charge in [0, 0.05) is 13.6 Å². The van der Waals surface area contributed by atoms with Crippen molar-refractivity contribution >= 4 is 5.91 Å². The van der Waals surface area contributed by atoms with Crippen LogP contribution in [0.1, 0.15) is 35.9 Å². The third-order valence-corrected chi connectivity index (χ3v) is 4.78. The number of carbonyl (C=O) groups excluding carboxylic acids is 1. The molecule has 29 heavy (non-hydrogen) atoms. The molecule has 0 bridgehead atoms. The molecule has 1 atom stereocenters. The molecule has 8 heteroatoms. The number of aromatic nitrogens is 3. The number of nitrogens with zero attached hydrogens (tertiary/aromatic N) is 4. The Morgan fingerprint density at radius 2 is 1.72 bits per heavy atom. The first kappa shape index (κ1) is 20.2. The molecule has 0 N–H and O–H groups in total. The van der Waals surface area contributed by atoms with Crippen molar-refractivity contribution in [1.29, 1.82) is 0 Å². The summed E-state index contributed by atoms with van der Waals surface area (Å²) in [6, 6.07) is 13.8. The van der Waals surface area contributed by atoms with Crippen LogP contribution in [0.4, 0.5) is 4.39 Å². The second-order valence-corrected chi connectivity index (χ2v) is 6.58. The normalized spacial score (nSPS) is 11.9. The molecule has 0 radical (unpaired) electrons. The van der Waals surface area contributed by atoms with Crippen LogP contribution in [0.25, 0.3) is 5.69 Å². The second-order valence-electron chi connectivity index (χ2n) is 6.58. The summed E-state index contributed by atoms with van der Waals surface area (Å²) in [5.41, 5.74) is -1.53. The van der Waals surface area contributed by atoms with Crippen LogP contribution in [0.3, 0.4) is 0 Å². The molecule has 0 saturated heterocycles. The number of para-hydroxylation sites is 1. The van der Waals surface area contributed by atoms with Gasteiger partial charge in [0.05, 0.1) is 6.04 Å². The summed E-state index contributed by atoms with van der Waals surface area (Å²) >= 11 is 0. The molecule has 3 aromatic rings. The maximum Gasteiger partial charge on any atom is 0.352 e. The van der Waals surface area contributed by atoms with Crippen LogP contribution in [-0.2, 0) is 0 Å². The summed E-state index contributed by atoms with van der Waals surface area (Å²) in [4.78, 5) is 40.3. The summed E-state index contributed by atoms with van der Waals surface area (Å²) in [7, 11) is 1.52. The van der Waals surface area contributed by atoms with Gasteiger partial charge in [0.15, 0.2) is 0 Å². The van der Waals surface area contributed by atoms with E-state index >= 15 is 0 Å². The number of halogens is 1. The molecule has 0 fully saturated rings. The summed E-state index contributed by atoms with van der Waals surface area (Å²) in [6.45, 7) is 3.75. The van der Waals surface area contributed by atoms with E-state index in [4.69, 9.17) is 0 Å². The fourth-order valence-electron chi connectivity index (χ4n) is 2.95. The SMILES string of the molecule is CCN(C)C(=O)c1nn(-c2ccccc2F)c(=O)n([C@@H](C)c2ccccc2)c1=O. The van der Waals surface area contributed by atoms with Gasteiger partial charge in [-0.2, -0.15) is 9.78 Å². The van der Waals surface area contributed by atoms with Crippen LogP contribution in [0.5, 0.6) is 0 Å². The Hall–Kier alpha value is -3.55. The van der Waals surface area contributed by atoms with E-state index in [2.05, 4.69) is 5.10 Å². The van der Waals surface area contributed by atoms with Gasteiger partial charge in [-0.05, 0) is 31.5 Å². The fraction of sp³-hybridized carbons (Fsp3) is 0.238. The van der Waals surface area contributed by atoms with Crippen molar-refractivity contribution in [2.45, 2.75) is 19.9 Å². The molecule has 1 heterocycles. The van der Waals surface area contributed by atoms with Gasteiger partial charge < -0.3 is 4.90 Å². The summed E-state index contributed by atoms with van der Waals surface area (Å²) in [6.07, 6.45) is 0. The highest BCUT2D eigenvalue weighted by Gasteiger charge is 2.25. The van der Waals surface area contributed by atoms with E-state index in [9.17, 15) is 18.8 Å². The minimum absolute atomic E-state index is 0.139. The largest absolute Gasteiger partial charge is 0.352 e. The first-order valence-electron chi connectivity index (χ1n) is 9.18. The summed E-state index contributed by atoms with van der Waals surface area (Å²) in [5.74, 6) is -1.33. The van der Waals surface area contributed by atoms with Gasteiger partial charge in [-0.3, -0.25) is 9.59 Å². The van der Waals surface area contributed by atoms with Crippen molar-refractivity contribution in [3.63, 3.8) is 0 Å². The van der Waals surface area contributed by atoms with Gasteiger partial charge in [-0.1, -0.05) is 42.5 Å². The number of benzene rings is 2. The van der Waals surface area contributed by atoms with Crippen LogP contribution in [-0.4, -0.2) is 38.7 Å². The molecule has 0 saturated carbocycles. The van der Waals surface area contributed by atoms with Crippen LogP contribution in [0, 0.1) is 5.82 Å². The van der Waals surface area contributed by atoms with E-state index in [1.54, 1.807) is 44.2 Å². The molecule has 3 rings (SSSR count). The monoisotopic (exact) mass is 396 g/mol. The zero-order valence-electron chi connectivity index (χ0n) is 16.4. The number of carbonyl (C=O) groups is 1. The Morgan fingerprint density at radius 1 is 1.10 bits per heavy atom. The van der Waals surface area contributed by atoms with Crippen LogP contribution < -0.4 is 11.2 Å². The fourth-order valence-corrected chi connectivity index (χ4v) is 2.95. The molecule has 0 unspecified atom stereocenters. The van der Waals surface area contributed by atoms with Crippen molar-refractivity contribution in [1.82, 2.24) is 19.2 Å². The number of amides is 1. The molecule has 0 aliphatic carbocycles. The molecule has 0 aliphatic rings. The van der Waals surface area contributed by atoms with Gasteiger partial charge in [0.1, 0.15) is 11.5 Å². The lowest BCUT2D eigenvalue weighted by atomic mass is 10.1. The molecular formula is C21H21FN4O3. The van der Waals surface area contributed by atoms with E-state index in [-0.39, 0.29) is 5.69 Å². The van der Waals surface area contributed by atoms with Gasteiger partial charge >= 0.3 is 5.69 Å². The maximum atomic E-state index is 14.4. The van der Waals surface area contributed by atoms with Gasteiger partial charge in [0.2, 0.25) is 5.69 Å². The first-order chi connectivity index (χ1) is 13.9. The minimum atomic E-state index is -0.827. The summed E-state index contributed by atoms with van der Waals surface area (Å²) < 4.78 is 16.1.